The lowest BCUT2D eigenvalue weighted by Gasteiger charge is -2.06. The lowest BCUT2D eigenvalue weighted by molar-refractivity contribution is 1.38. The molecule has 0 spiro atoms. The van der Waals surface area contributed by atoms with Gasteiger partial charge in [0, 0.05) is 10.7 Å². The first kappa shape index (κ1) is 8.87. The maximum atomic E-state index is 7.02. The van der Waals surface area contributed by atoms with Crippen LogP contribution in [-0.4, -0.2) is 5.96 Å². The number of aryl methyl sites for hydroxylation is 1. The van der Waals surface area contributed by atoms with Gasteiger partial charge in [0.05, 0.1) is 0 Å². The Kier molecular flexibility index (Phi) is 2.55. The molecule has 3 nitrogen and oxygen atoms in total. The van der Waals surface area contributed by atoms with Crippen molar-refractivity contribution in [3.63, 3.8) is 0 Å². The molecule has 0 amide bonds. The maximum absolute atomic E-state index is 7.02. The van der Waals surface area contributed by atoms with Gasteiger partial charge in [-0.3, -0.25) is 5.41 Å². The first-order valence-corrected chi connectivity index (χ1v) is 3.84. The average Bonchev–Trinajstić information content (AvgIpc) is 1.94. The Morgan fingerprint density at radius 2 is 2.25 bits per heavy atom. The van der Waals surface area contributed by atoms with Gasteiger partial charge < -0.3 is 11.1 Å². The molecular formula is C8H10ClN3. The van der Waals surface area contributed by atoms with Gasteiger partial charge in [-0.25, -0.2) is 0 Å². The average molecular weight is 184 g/mol. The predicted molar refractivity (Wildman–Crippen MR) is 51.7 cm³/mol. The predicted octanol–water partition coefficient (Wildman–Crippen LogP) is 1.95. The lowest BCUT2D eigenvalue weighted by Crippen LogP contribution is -2.20. The molecule has 0 aromatic heterocycles. The monoisotopic (exact) mass is 183 g/mol. The van der Waals surface area contributed by atoms with Gasteiger partial charge in [-0.05, 0) is 30.7 Å². The standard InChI is InChI=1S/C8H10ClN3/c1-5-4-6(9)2-3-7(5)12-8(10)11/h2-4H,1H3,(H4,10,11,12). The van der Waals surface area contributed by atoms with Gasteiger partial charge in [0.1, 0.15) is 0 Å². The molecule has 0 aliphatic carbocycles. The molecule has 1 aromatic rings. The van der Waals surface area contributed by atoms with E-state index >= 15 is 0 Å². The van der Waals surface area contributed by atoms with Gasteiger partial charge in [-0.1, -0.05) is 11.6 Å². The fourth-order valence-corrected chi connectivity index (χ4v) is 1.14. The van der Waals surface area contributed by atoms with Gasteiger partial charge in [0.15, 0.2) is 5.96 Å². The van der Waals surface area contributed by atoms with Crippen LogP contribution in [0.25, 0.3) is 0 Å². The van der Waals surface area contributed by atoms with Crippen LogP contribution < -0.4 is 11.1 Å². The van der Waals surface area contributed by atoms with E-state index in [1.165, 1.54) is 0 Å². The third-order valence-electron chi connectivity index (χ3n) is 1.46. The van der Waals surface area contributed by atoms with Gasteiger partial charge in [0.2, 0.25) is 0 Å². The van der Waals surface area contributed by atoms with Crippen LogP contribution in [0, 0.1) is 12.3 Å². The first-order valence-electron chi connectivity index (χ1n) is 3.47. The summed E-state index contributed by atoms with van der Waals surface area (Å²) in [5, 5.41) is 10.4. The Hall–Kier alpha value is -1.22. The van der Waals surface area contributed by atoms with Crippen molar-refractivity contribution in [2.24, 2.45) is 5.73 Å². The van der Waals surface area contributed by atoms with Gasteiger partial charge >= 0.3 is 0 Å². The minimum atomic E-state index is -0.0691. The topological polar surface area (TPSA) is 61.9 Å². The lowest BCUT2D eigenvalue weighted by atomic mass is 10.2. The number of hydrogen-bond acceptors (Lipinski definition) is 1. The molecule has 1 aromatic carbocycles. The number of rotatable bonds is 1. The third kappa shape index (κ3) is 2.13. The fraction of sp³-hybridized carbons (Fsp3) is 0.125. The molecule has 0 heterocycles. The van der Waals surface area contributed by atoms with Crippen molar-refractivity contribution in [3.05, 3.63) is 28.8 Å². The maximum Gasteiger partial charge on any atom is 0.190 e. The molecule has 0 fully saturated rings. The minimum Gasteiger partial charge on any atom is -0.370 e. The van der Waals surface area contributed by atoms with Crippen LogP contribution >= 0.6 is 11.6 Å². The van der Waals surface area contributed by atoms with Crippen LogP contribution in [0.15, 0.2) is 18.2 Å². The van der Waals surface area contributed by atoms with Crippen molar-refractivity contribution >= 4 is 23.2 Å². The number of halogens is 1. The Balaban J connectivity index is 2.93. The molecular weight excluding hydrogens is 174 g/mol. The molecule has 64 valence electrons. The molecule has 0 unspecified atom stereocenters. The summed E-state index contributed by atoms with van der Waals surface area (Å²) in [5.41, 5.74) is 6.95. The number of anilines is 1. The van der Waals surface area contributed by atoms with Crippen molar-refractivity contribution in [2.45, 2.75) is 6.92 Å². The van der Waals surface area contributed by atoms with E-state index < -0.39 is 0 Å². The van der Waals surface area contributed by atoms with Crippen molar-refractivity contribution in [2.75, 3.05) is 5.32 Å². The highest BCUT2D eigenvalue weighted by Gasteiger charge is 1.98. The first-order chi connectivity index (χ1) is 5.59. The van der Waals surface area contributed by atoms with Crippen molar-refractivity contribution in [3.8, 4) is 0 Å². The normalized spacial score (nSPS) is 9.50. The summed E-state index contributed by atoms with van der Waals surface area (Å²) in [6, 6.07) is 5.35. The summed E-state index contributed by atoms with van der Waals surface area (Å²) < 4.78 is 0. The molecule has 0 aliphatic heterocycles. The number of guanidine groups is 1. The summed E-state index contributed by atoms with van der Waals surface area (Å²) >= 11 is 5.74. The van der Waals surface area contributed by atoms with E-state index in [4.69, 9.17) is 22.7 Å². The molecule has 0 saturated carbocycles. The number of benzene rings is 1. The second-order valence-electron chi connectivity index (χ2n) is 2.50. The zero-order valence-electron chi connectivity index (χ0n) is 6.69. The molecule has 0 atom stereocenters. The summed E-state index contributed by atoms with van der Waals surface area (Å²) in [6.45, 7) is 1.90. The van der Waals surface area contributed by atoms with E-state index in [0.717, 1.165) is 11.3 Å². The smallest absolute Gasteiger partial charge is 0.190 e. The zero-order valence-corrected chi connectivity index (χ0v) is 7.44. The molecule has 0 bridgehead atoms. The second kappa shape index (κ2) is 3.45. The molecule has 1 rings (SSSR count). The largest absolute Gasteiger partial charge is 0.370 e. The van der Waals surface area contributed by atoms with Crippen molar-refractivity contribution in [1.82, 2.24) is 0 Å². The van der Waals surface area contributed by atoms with Crippen LogP contribution in [0.4, 0.5) is 5.69 Å². The van der Waals surface area contributed by atoms with Crippen molar-refractivity contribution < 1.29 is 0 Å². The summed E-state index contributed by atoms with van der Waals surface area (Å²) in [5.74, 6) is -0.0691. The molecule has 0 aliphatic rings. The quantitative estimate of drug-likeness (QED) is 0.461. The van der Waals surface area contributed by atoms with E-state index in [0.29, 0.717) is 5.02 Å². The van der Waals surface area contributed by atoms with E-state index in [1.807, 2.05) is 13.0 Å². The molecule has 4 N–H and O–H groups in total. The van der Waals surface area contributed by atoms with E-state index in [9.17, 15) is 0 Å². The summed E-state index contributed by atoms with van der Waals surface area (Å²) in [6.07, 6.45) is 0. The van der Waals surface area contributed by atoms with Crippen LogP contribution in [0.2, 0.25) is 5.02 Å². The highest BCUT2D eigenvalue weighted by molar-refractivity contribution is 6.30. The van der Waals surface area contributed by atoms with Gasteiger partial charge in [0.25, 0.3) is 0 Å². The minimum absolute atomic E-state index is 0.0691. The van der Waals surface area contributed by atoms with E-state index in [2.05, 4.69) is 5.32 Å². The highest BCUT2D eigenvalue weighted by atomic mass is 35.5. The Morgan fingerprint density at radius 3 is 2.75 bits per heavy atom. The fourth-order valence-electron chi connectivity index (χ4n) is 0.912. The van der Waals surface area contributed by atoms with Crippen molar-refractivity contribution in [1.29, 1.82) is 5.41 Å². The summed E-state index contributed by atoms with van der Waals surface area (Å²) in [4.78, 5) is 0. The molecule has 0 radical (unpaired) electrons. The summed E-state index contributed by atoms with van der Waals surface area (Å²) in [7, 11) is 0. The number of nitrogens with two attached hydrogens (primary N) is 1. The highest BCUT2D eigenvalue weighted by Crippen LogP contribution is 2.18. The third-order valence-corrected chi connectivity index (χ3v) is 1.69. The van der Waals surface area contributed by atoms with Gasteiger partial charge in [-0.2, -0.15) is 0 Å². The van der Waals surface area contributed by atoms with Gasteiger partial charge in [-0.15, -0.1) is 0 Å². The van der Waals surface area contributed by atoms with Crippen LogP contribution in [0.5, 0.6) is 0 Å². The molecule has 12 heavy (non-hydrogen) atoms. The number of hydrogen-bond donors (Lipinski definition) is 3. The van der Waals surface area contributed by atoms with E-state index in [-0.39, 0.29) is 5.96 Å². The number of nitrogens with one attached hydrogen (secondary N) is 2. The second-order valence-corrected chi connectivity index (χ2v) is 2.93. The van der Waals surface area contributed by atoms with Crippen LogP contribution in [0.1, 0.15) is 5.56 Å². The Morgan fingerprint density at radius 1 is 1.58 bits per heavy atom. The zero-order chi connectivity index (χ0) is 9.14. The van der Waals surface area contributed by atoms with Crippen LogP contribution in [0.3, 0.4) is 0 Å². The Labute approximate surface area is 76.0 Å². The van der Waals surface area contributed by atoms with E-state index in [1.54, 1.807) is 12.1 Å². The molecule has 0 saturated heterocycles. The molecule has 4 heteroatoms. The van der Waals surface area contributed by atoms with Crippen LogP contribution in [-0.2, 0) is 0 Å². The SMILES string of the molecule is Cc1cc(Cl)ccc1NC(=N)N. The Bertz CT molecular complexity index is 309.